The summed E-state index contributed by atoms with van der Waals surface area (Å²) in [7, 11) is 0. The number of carbonyl (C=O) groups excluding carboxylic acids is 1. The van der Waals surface area contributed by atoms with E-state index in [1.54, 1.807) is 25.1 Å². The predicted molar refractivity (Wildman–Crippen MR) is 61.0 cm³/mol. The van der Waals surface area contributed by atoms with Gasteiger partial charge in [0.15, 0.2) is 5.76 Å². The lowest BCUT2D eigenvalue weighted by Gasteiger charge is -2.06. The van der Waals surface area contributed by atoms with Gasteiger partial charge in [-0.05, 0) is 19.1 Å². The molecule has 0 fully saturated rings. The molecule has 1 amide bonds. The van der Waals surface area contributed by atoms with Gasteiger partial charge in [-0.25, -0.2) is 4.98 Å². The smallest absolute Gasteiger partial charge is 0.305 e. The fourth-order valence-corrected chi connectivity index (χ4v) is 1.23. The average Bonchev–Trinajstić information content (AvgIpc) is 2.78. The molecule has 0 aliphatic rings. The van der Waals surface area contributed by atoms with Gasteiger partial charge in [-0.1, -0.05) is 0 Å². The number of aromatic nitrogens is 2. The Morgan fingerprint density at radius 3 is 2.94 bits per heavy atom. The number of nitrogens with one attached hydrogen (secondary N) is 2. The van der Waals surface area contributed by atoms with E-state index in [9.17, 15) is 4.79 Å². The maximum absolute atomic E-state index is 11.5. The predicted octanol–water partition coefficient (Wildman–Crippen LogP) is 0.717. The molecule has 7 heteroatoms. The SMILES string of the molecule is Cc1cc(N)nc(NNC(=O)c2ccco2)n1. The van der Waals surface area contributed by atoms with Gasteiger partial charge in [0.2, 0.25) is 5.95 Å². The molecule has 0 radical (unpaired) electrons. The van der Waals surface area contributed by atoms with E-state index in [1.807, 2.05) is 0 Å². The number of aryl methyl sites for hydroxylation is 1. The van der Waals surface area contributed by atoms with E-state index in [0.29, 0.717) is 11.5 Å². The molecule has 0 aliphatic carbocycles. The standard InChI is InChI=1S/C10H11N5O2/c1-6-5-8(11)13-10(12-6)15-14-9(16)7-3-2-4-17-7/h2-5H,1H3,(H,14,16)(H3,11,12,13,15). The van der Waals surface area contributed by atoms with Gasteiger partial charge in [0.05, 0.1) is 6.26 Å². The molecule has 0 unspecified atom stereocenters. The number of nitrogens with zero attached hydrogens (tertiary/aromatic N) is 2. The van der Waals surface area contributed by atoms with Crippen molar-refractivity contribution in [2.24, 2.45) is 0 Å². The molecular formula is C10H11N5O2. The molecule has 0 spiro atoms. The molecular weight excluding hydrogens is 222 g/mol. The maximum Gasteiger partial charge on any atom is 0.305 e. The second kappa shape index (κ2) is 4.52. The van der Waals surface area contributed by atoms with Gasteiger partial charge in [0.1, 0.15) is 5.82 Å². The largest absolute Gasteiger partial charge is 0.459 e. The number of rotatable bonds is 3. The number of hydrogen-bond acceptors (Lipinski definition) is 6. The molecule has 17 heavy (non-hydrogen) atoms. The van der Waals surface area contributed by atoms with Crippen LogP contribution >= 0.6 is 0 Å². The Kier molecular flexibility index (Phi) is 2.91. The summed E-state index contributed by atoms with van der Waals surface area (Å²) >= 11 is 0. The van der Waals surface area contributed by atoms with Crippen LogP contribution in [0.15, 0.2) is 28.9 Å². The minimum Gasteiger partial charge on any atom is -0.459 e. The Bertz CT molecular complexity index is 503. The van der Waals surface area contributed by atoms with Gasteiger partial charge < -0.3 is 10.2 Å². The second-order valence-corrected chi connectivity index (χ2v) is 3.31. The van der Waals surface area contributed by atoms with Crippen LogP contribution in [-0.4, -0.2) is 15.9 Å². The van der Waals surface area contributed by atoms with Crippen molar-refractivity contribution >= 4 is 17.7 Å². The number of hydrogen-bond donors (Lipinski definition) is 3. The first-order valence-electron chi connectivity index (χ1n) is 4.86. The van der Waals surface area contributed by atoms with Crippen molar-refractivity contribution < 1.29 is 9.21 Å². The number of carbonyl (C=O) groups is 1. The van der Waals surface area contributed by atoms with Crippen molar-refractivity contribution in [2.75, 3.05) is 11.2 Å². The minimum absolute atomic E-state index is 0.193. The van der Waals surface area contributed by atoms with Crippen LogP contribution in [0.25, 0.3) is 0 Å². The highest BCUT2D eigenvalue weighted by Crippen LogP contribution is 2.05. The molecule has 4 N–H and O–H groups in total. The normalized spacial score (nSPS) is 9.94. The zero-order valence-corrected chi connectivity index (χ0v) is 9.10. The molecule has 0 bridgehead atoms. The first kappa shape index (κ1) is 10.9. The summed E-state index contributed by atoms with van der Waals surface area (Å²) in [5, 5.41) is 0. The third-order valence-electron chi connectivity index (χ3n) is 1.91. The number of hydrazine groups is 1. The zero-order chi connectivity index (χ0) is 12.3. The van der Waals surface area contributed by atoms with Crippen molar-refractivity contribution in [2.45, 2.75) is 6.92 Å². The van der Waals surface area contributed by atoms with Crippen LogP contribution in [0.2, 0.25) is 0 Å². The fraction of sp³-hybridized carbons (Fsp3) is 0.100. The highest BCUT2D eigenvalue weighted by Gasteiger charge is 2.08. The lowest BCUT2D eigenvalue weighted by Crippen LogP contribution is -2.30. The van der Waals surface area contributed by atoms with E-state index < -0.39 is 5.91 Å². The van der Waals surface area contributed by atoms with Crippen LogP contribution in [-0.2, 0) is 0 Å². The van der Waals surface area contributed by atoms with E-state index in [-0.39, 0.29) is 11.7 Å². The van der Waals surface area contributed by atoms with Crippen LogP contribution in [0.5, 0.6) is 0 Å². The van der Waals surface area contributed by atoms with E-state index in [4.69, 9.17) is 10.2 Å². The molecule has 0 aliphatic heterocycles. The number of nitrogens with two attached hydrogens (primary N) is 1. The van der Waals surface area contributed by atoms with Crippen LogP contribution in [0.1, 0.15) is 16.2 Å². The summed E-state index contributed by atoms with van der Waals surface area (Å²) < 4.78 is 4.91. The van der Waals surface area contributed by atoms with Crippen molar-refractivity contribution in [1.82, 2.24) is 15.4 Å². The average molecular weight is 233 g/mol. The van der Waals surface area contributed by atoms with E-state index in [2.05, 4.69) is 20.8 Å². The molecule has 2 rings (SSSR count). The van der Waals surface area contributed by atoms with Crippen LogP contribution in [0.3, 0.4) is 0 Å². The lowest BCUT2D eigenvalue weighted by atomic mass is 10.4. The summed E-state index contributed by atoms with van der Waals surface area (Å²) in [6, 6.07) is 4.79. The third kappa shape index (κ3) is 2.71. The summed E-state index contributed by atoms with van der Waals surface area (Å²) in [6.45, 7) is 1.78. The molecule has 0 aromatic carbocycles. The van der Waals surface area contributed by atoms with Crippen molar-refractivity contribution in [3.8, 4) is 0 Å². The Labute approximate surface area is 97.0 Å². The second-order valence-electron chi connectivity index (χ2n) is 3.31. The van der Waals surface area contributed by atoms with Gasteiger partial charge in [0, 0.05) is 11.8 Å². The first-order valence-corrected chi connectivity index (χ1v) is 4.86. The lowest BCUT2D eigenvalue weighted by molar-refractivity contribution is 0.0935. The van der Waals surface area contributed by atoms with E-state index in [1.165, 1.54) is 6.26 Å². The third-order valence-corrected chi connectivity index (χ3v) is 1.91. The topological polar surface area (TPSA) is 106 Å². The van der Waals surface area contributed by atoms with Crippen LogP contribution < -0.4 is 16.6 Å². The molecule has 2 aromatic rings. The molecule has 0 saturated heterocycles. The maximum atomic E-state index is 11.5. The first-order chi connectivity index (χ1) is 8.15. The van der Waals surface area contributed by atoms with Crippen molar-refractivity contribution in [1.29, 1.82) is 0 Å². The van der Waals surface area contributed by atoms with E-state index in [0.717, 1.165) is 0 Å². The minimum atomic E-state index is -0.418. The molecule has 2 aromatic heterocycles. The Balaban J connectivity index is 2.00. The van der Waals surface area contributed by atoms with Crippen LogP contribution in [0, 0.1) is 6.92 Å². The number of anilines is 2. The monoisotopic (exact) mass is 233 g/mol. The summed E-state index contributed by atoms with van der Waals surface area (Å²) in [5.41, 5.74) is 11.2. The van der Waals surface area contributed by atoms with Gasteiger partial charge >= 0.3 is 5.91 Å². The highest BCUT2D eigenvalue weighted by atomic mass is 16.3. The Hall–Kier alpha value is -2.57. The number of nitrogen functional groups attached to an aromatic ring is 1. The van der Waals surface area contributed by atoms with E-state index >= 15 is 0 Å². The summed E-state index contributed by atoms with van der Waals surface area (Å²) in [4.78, 5) is 19.4. The van der Waals surface area contributed by atoms with Gasteiger partial charge in [-0.3, -0.25) is 15.6 Å². The zero-order valence-electron chi connectivity index (χ0n) is 9.10. The summed E-state index contributed by atoms with van der Waals surface area (Å²) in [6.07, 6.45) is 1.41. The van der Waals surface area contributed by atoms with Crippen molar-refractivity contribution in [3.63, 3.8) is 0 Å². The molecule has 7 nitrogen and oxygen atoms in total. The van der Waals surface area contributed by atoms with Gasteiger partial charge in [0.25, 0.3) is 0 Å². The Morgan fingerprint density at radius 2 is 2.29 bits per heavy atom. The Morgan fingerprint density at radius 1 is 1.47 bits per heavy atom. The summed E-state index contributed by atoms with van der Waals surface area (Å²) in [5.74, 6) is 0.325. The molecule has 88 valence electrons. The molecule has 2 heterocycles. The van der Waals surface area contributed by atoms with Gasteiger partial charge in [-0.15, -0.1) is 0 Å². The van der Waals surface area contributed by atoms with Crippen molar-refractivity contribution in [3.05, 3.63) is 35.9 Å². The number of amides is 1. The number of furan rings is 1. The highest BCUT2D eigenvalue weighted by molar-refractivity contribution is 5.91. The van der Waals surface area contributed by atoms with Gasteiger partial charge in [-0.2, -0.15) is 4.98 Å². The van der Waals surface area contributed by atoms with Crippen LogP contribution in [0.4, 0.5) is 11.8 Å². The molecule has 0 atom stereocenters. The molecule has 0 saturated carbocycles. The fourth-order valence-electron chi connectivity index (χ4n) is 1.23. The quantitative estimate of drug-likeness (QED) is 0.674.